The van der Waals surface area contributed by atoms with Crippen LogP contribution in [0.3, 0.4) is 0 Å². The zero-order chi connectivity index (χ0) is 30.8. The van der Waals surface area contributed by atoms with Gasteiger partial charge in [-0.2, -0.15) is 8.78 Å². The molecule has 0 spiro atoms. The Balaban J connectivity index is 1.54. The molecule has 1 aliphatic heterocycles. The third-order valence-corrected chi connectivity index (χ3v) is 6.36. The predicted molar refractivity (Wildman–Crippen MR) is 131 cm³/mol. The lowest BCUT2D eigenvalue weighted by Gasteiger charge is -2.29. The summed E-state index contributed by atoms with van der Waals surface area (Å²) in [6.45, 7) is 2.68. The molecular weight excluding hydrogens is 586 g/mol. The van der Waals surface area contributed by atoms with Gasteiger partial charge in [-0.25, -0.2) is 26.7 Å². The van der Waals surface area contributed by atoms with Crippen LogP contribution in [0.25, 0.3) is 23.3 Å². The first-order valence-corrected chi connectivity index (χ1v) is 12.5. The lowest BCUT2D eigenvalue weighted by atomic mass is 9.99. The first-order chi connectivity index (χ1) is 19.7. The molecule has 3 aromatic rings. The molecular formula is C29H22F10O3. The van der Waals surface area contributed by atoms with Crippen molar-refractivity contribution in [2.24, 2.45) is 5.92 Å². The molecule has 0 radical (unpaired) electrons. The minimum Gasteiger partial charge on any atom is -0.348 e. The Hall–Kier alpha value is -3.42. The standard InChI is InChI=1S/C29H22F10O3/c1-2-3-16-13-40-27(41-14-16)18-11-24(33)26(25(34)12-18)17-9-21(30)19(22(31)10-17)6-4-15-5-7-20(23(32)8-15)28(35,36)42-29(37,38)39/h4-12,16,27H,2-3,13-14H2,1H3/b6-4+. The van der Waals surface area contributed by atoms with Crippen LogP contribution in [-0.4, -0.2) is 19.6 Å². The lowest BCUT2D eigenvalue weighted by Crippen LogP contribution is -2.28. The van der Waals surface area contributed by atoms with Gasteiger partial charge in [0.1, 0.15) is 29.1 Å². The van der Waals surface area contributed by atoms with Crippen molar-refractivity contribution in [1.82, 2.24) is 0 Å². The number of ether oxygens (including phenoxy) is 3. The van der Waals surface area contributed by atoms with E-state index in [0.29, 0.717) is 37.5 Å². The lowest BCUT2D eigenvalue weighted by molar-refractivity contribution is -0.432. The van der Waals surface area contributed by atoms with Crippen LogP contribution >= 0.6 is 0 Å². The van der Waals surface area contributed by atoms with E-state index in [1.165, 1.54) is 0 Å². The Bertz CT molecular complexity index is 1410. The van der Waals surface area contributed by atoms with Crippen molar-refractivity contribution >= 4 is 12.2 Å². The van der Waals surface area contributed by atoms with Gasteiger partial charge in [0.15, 0.2) is 6.29 Å². The maximum absolute atomic E-state index is 15.0. The highest BCUT2D eigenvalue weighted by Crippen LogP contribution is 2.38. The second kappa shape index (κ2) is 12.4. The molecule has 4 rings (SSSR count). The van der Waals surface area contributed by atoms with E-state index >= 15 is 0 Å². The molecule has 226 valence electrons. The molecule has 1 saturated heterocycles. The topological polar surface area (TPSA) is 27.7 Å². The summed E-state index contributed by atoms with van der Waals surface area (Å²) in [5, 5.41) is 0. The van der Waals surface area contributed by atoms with Gasteiger partial charge in [-0.15, -0.1) is 13.2 Å². The summed E-state index contributed by atoms with van der Waals surface area (Å²) in [5.41, 5.74) is -3.83. The maximum atomic E-state index is 15.0. The van der Waals surface area contributed by atoms with Crippen LogP contribution in [-0.2, 0) is 20.3 Å². The van der Waals surface area contributed by atoms with Crippen LogP contribution in [0.1, 0.15) is 48.3 Å². The smallest absolute Gasteiger partial charge is 0.348 e. The molecule has 1 heterocycles. The molecule has 0 aliphatic carbocycles. The van der Waals surface area contributed by atoms with Crippen LogP contribution < -0.4 is 0 Å². The minimum absolute atomic E-state index is 0.0465. The van der Waals surface area contributed by atoms with Gasteiger partial charge in [-0.1, -0.05) is 25.5 Å². The number of hydrogen-bond donors (Lipinski definition) is 0. The van der Waals surface area contributed by atoms with Gasteiger partial charge in [0.25, 0.3) is 0 Å². The second-order valence-electron chi connectivity index (χ2n) is 9.50. The van der Waals surface area contributed by atoms with E-state index in [9.17, 15) is 43.9 Å². The van der Waals surface area contributed by atoms with Gasteiger partial charge in [0, 0.05) is 17.0 Å². The second-order valence-corrected chi connectivity index (χ2v) is 9.50. The Kier molecular flexibility index (Phi) is 9.33. The SMILES string of the molecule is CCCC1COC(c2cc(F)c(-c3cc(F)c(/C=C/c4ccc(C(F)(F)OC(F)(F)F)c(F)c4)c(F)c3)c(F)c2)OC1. The maximum Gasteiger partial charge on any atom is 0.527 e. The van der Waals surface area contributed by atoms with E-state index in [-0.39, 0.29) is 17.0 Å². The molecule has 0 saturated carbocycles. The van der Waals surface area contributed by atoms with Crippen molar-refractivity contribution in [1.29, 1.82) is 0 Å². The largest absolute Gasteiger partial charge is 0.527 e. The highest BCUT2D eigenvalue weighted by Gasteiger charge is 2.47. The van der Waals surface area contributed by atoms with Crippen LogP contribution in [0.5, 0.6) is 0 Å². The molecule has 1 fully saturated rings. The summed E-state index contributed by atoms with van der Waals surface area (Å²) in [4.78, 5) is 0. The van der Waals surface area contributed by atoms with Crippen LogP contribution in [0.4, 0.5) is 43.9 Å². The summed E-state index contributed by atoms with van der Waals surface area (Å²) in [6, 6.07) is 4.68. The first-order valence-electron chi connectivity index (χ1n) is 12.5. The quantitative estimate of drug-likeness (QED) is 0.189. The van der Waals surface area contributed by atoms with E-state index < -0.39 is 70.1 Å². The van der Waals surface area contributed by atoms with E-state index in [4.69, 9.17) is 9.47 Å². The summed E-state index contributed by atoms with van der Waals surface area (Å²) in [6.07, 6.45) is -8.35. The molecule has 0 amide bonds. The summed E-state index contributed by atoms with van der Waals surface area (Å²) >= 11 is 0. The van der Waals surface area contributed by atoms with Crippen LogP contribution in [0, 0.1) is 35.0 Å². The van der Waals surface area contributed by atoms with E-state index in [1.807, 2.05) is 6.92 Å². The molecule has 3 aromatic carbocycles. The number of halogens is 10. The number of hydrogen-bond acceptors (Lipinski definition) is 3. The molecule has 0 bridgehead atoms. The van der Waals surface area contributed by atoms with Crippen molar-refractivity contribution in [3.63, 3.8) is 0 Å². The molecule has 13 heteroatoms. The van der Waals surface area contributed by atoms with Crippen molar-refractivity contribution in [3.8, 4) is 11.1 Å². The van der Waals surface area contributed by atoms with Crippen molar-refractivity contribution in [3.05, 3.63) is 93.8 Å². The molecule has 0 atom stereocenters. The average molecular weight is 608 g/mol. The van der Waals surface area contributed by atoms with E-state index in [2.05, 4.69) is 4.74 Å². The van der Waals surface area contributed by atoms with Crippen LogP contribution in [0.15, 0.2) is 42.5 Å². The molecule has 3 nitrogen and oxygen atoms in total. The monoisotopic (exact) mass is 608 g/mol. The highest BCUT2D eigenvalue weighted by molar-refractivity contribution is 5.73. The molecule has 0 unspecified atom stereocenters. The third-order valence-electron chi connectivity index (χ3n) is 6.36. The van der Waals surface area contributed by atoms with Gasteiger partial charge in [0.05, 0.1) is 24.3 Å². The van der Waals surface area contributed by atoms with E-state index in [1.54, 1.807) is 0 Å². The minimum atomic E-state index is -5.75. The predicted octanol–water partition coefficient (Wildman–Crippen LogP) is 9.27. The van der Waals surface area contributed by atoms with Crippen molar-refractivity contribution < 1.29 is 58.1 Å². The Morgan fingerprint density at radius 3 is 1.90 bits per heavy atom. The fraction of sp³-hybridized carbons (Fsp3) is 0.310. The van der Waals surface area contributed by atoms with Crippen molar-refractivity contribution in [2.45, 2.75) is 38.5 Å². The first kappa shape index (κ1) is 31.5. The molecule has 0 N–H and O–H groups in total. The molecule has 42 heavy (non-hydrogen) atoms. The Morgan fingerprint density at radius 1 is 0.786 bits per heavy atom. The average Bonchev–Trinajstić information content (AvgIpc) is 2.87. The molecule has 0 aromatic heterocycles. The zero-order valence-corrected chi connectivity index (χ0v) is 21.7. The highest BCUT2D eigenvalue weighted by atomic mass is 19.4. The Labute approximate surface area is 233 Å². The zero-order valence-electron chi connectivity index (χ0n) is 21.7. The normalized spacial score (nSPS) is 18.2. The number of benzene rings is 3. The van der Waals surface area contributed by atoms with Crippen LogP contribution in [0.2, 0.25) is 0 Å². The summed E-state index contributed by atoms with van der Waals surface area (Å²) in [7, 11) is 0. The van der Waals surface area contributed by atoms with Gasteiger partial charge in [-0.05, 0) is 60.0 Å². The van der Waals surface area contributed by atoms with Gasteiger partial charge in [0.2, 0.25) is 0 Å². The van der Waals surface area contributed by atoms with E-state index in [0.717, 1.165) is 43.2 Å². The fourth-order valence-corrected chi connectivity index (χ4v) is 4.45. The summed E-state index contributed by atoms with van der Waals surface area (Å²) < 4.78 is 151. The summed E-state index contributed by atoms with van der Waals surface area (Å²) in [5.74, 6) is -6.42. The molecule has 1 aliphatic rings. The number of alkyl halides is 5. The Morgan fingerprint density at radius 2 is 1.38 bits per heavy atom. The van der Waals surface area contributed by atoms with Gasteiger partial charge >= 0.3 is 12.5 Å². The fourth-order valence-electron chi connectivity index (χ4n) is 4.45. The third kappa shape index (κ3) is 7.31. The van der Waals surface area contributed by atoms with Crippen molar-refractivity contribution in [2.75, 3.05) is 13.2 Å². The van der Waals surface area contributed by atoms with Gasteiger partial charge < -0.3 is 9.47 Å². The number of rotatable bonds is 8. The van der Waals surface area contributed by atoms with Gasteiger partial charge in [-0.3, -0.25) is 0 Å².